The molecule has 0 spiro atoms. The number of carboxylic acid groups (broad SMARTS) is 1. The number of anilines is 2. The number of ether oxygens (including phenoxy) is 1. The summed E-state index contributed by atoms with van der Waals surface area (Å²) in [6, 6.07) is 9.20. The number of nitrogens with one attached hydrogen (secondary N) is 1. The lowest BCUT2D eigenvalue weighted by molar-refractivity contribution is 0.0357. The molecule has 1 aromatic heterocycles. The van der Waals surface area contributed by atoms with E-state index in [-0.39, 0.29) is 11.5 Å². The average molecular weight is 496 g/mol. The number of morpholine rings is 1. The number of hydrogen-bond donors (Lipinski definition) is 2. The van der Waals surface area contributed by atoms with E-state index in [0.29, 0.717) is 23.1 Å². The standard InChI is InChI=1S/C27H37N5O4/c1-20-4-6-21(7-5-20)26(33)29-22-18-24(27(34)35)25(28-19-22)32-12-8-23(9-13-32)30(2)10-3-11-31-14-16-36-17-15-31/h4-7,18-19,23H,3,8-17H2,1-2H3,(H,29,33)(H,34,35). The number of nitrogens with zero attached hydrogens (tertiary/aromatic N) is 4. The van der Waals surface area contributed by atoms with Crippen molar-refractivity contribution in [1.82, 2.24) is 14.8 Å². The third-order valence-corrected chi connectivity index (χ3v) is 7.14. The van der Waals surface area contributed by atoms with Gasteiger partial charge >= 0.3 is 5.97 Å². The van der Waals surface area contributed by atoms with Crippen molar-refractivity contribution in [2.75, 3.05) is 69.7 Å². The first-order valence-electron chi connectivity index (χ1n) is 12.8. The Morgan fingerprint density at radius 3 is 2.50 bits per heavy atom. The fraction of sp³-hybridized carbons (Fsp3) is 0.519. The number of carboxylic acids is 1. The second-order valence-corrected chi connectivity index (χ2v) is 9.73. The Bertz CT molecular complexity index is 1030. The zero-order valence-corrected chi connectivity index (χ0v) is 21.3. The predicted octanol–water partition coefficient (Wildman–Crippen LogP) is 2.96. The van der Waals surface area contributed by atoms with Crippen LogP contribution in [0.4, 0.5) is 11.5 Å². The Kier molecular flexibility index (Phi) is 8.90. The van der Waals surface area contributed by atoms with E-state index >= 15 is 0 Å². The molecule has 0 radical (unpaired) electrons. The molecule has 2 fully saturated rings. The summed E-state index contributed by atoms with van der Waals surface area (Å²) >= 11 is 0. The number of piperidine rings is 1. The third-order valence-electron chi connectivity index (χ3n) is 7.14. The van der Waals surface area contributed by atoms with Crippen molar-refractivity contribution >= 4 is 23.4 Å². The van der Waals surface area contributed by atoms with E-state index in [0.717, 1.165) is 77.3 Å². The van der Waals surface area contributed by atoms with Crippen molar-refractivity contribution in [3.8, 4) is 0 Å². The molecule has 0 saturated carbocycles. The zero-order valence-electron chi connectivity index (χ0n) is 21.3. The molecule has 0 aliphatic carbocycles. The highest BCUT2D eigenvalue weighted by molar-refractivity contribution is 6.05. The minimum absolute atomic E-state index is 0.106. The van der Waals surface area contributed by atoms with Gasteiger partial charge in [-0.3, -0.25) is 9.69 Å². The van der Waals surface area contributed by atoms with Crippen LogP contribution in [0.25, 0.3) is 0 Å². The number of aryl methyl sites for hydroxylation is 1. The highest BCUT2D eigenvalue weighted by Gasteiger charge is 2.26. The maximum absolute atomic E-state index is 12.5. The van der Waals surface area contributed by atoms with E-state index in [4.69, 9.17) is 4.74 Å². The second-order valence-electron chi connectivity index (χ2n) is 9.73. The molecule has 0 atom stereocenters. The number of rotatable bonds is 9. The van der Waals surface area contributed by atoms with Crippen LogP contribution in [0.1, 0.15) is 45.5 Å². The summed E-state index contributed by atoms with van der Waals surface area (Å²) < 4.78 is 5.42. The van der Waals surface area contributed by atoms with Gasteiger partial charge in [0.1, 0.15) is 11.4 Å². The minimum Gasteiger partial charge on any atom is -0.478 e. The number of aromatic carboxylic acids is 1. The summed E-state index contributed by atoms with van der Waals surface area (Å²) in [5, 5.41) is 12.6. The number of pyridine rings is 1. The number of carbonyl (C=O) groups excluding carboxylic acids is 1. The Labute approximate surface area is 213 Å². The molecule has 2 aromatic rings. The van der Waals surface area contributed by atoms with E-state index in [1.165, 1.54) is 12.3 Å². The molecule has 4 rings (SSSR count). The van der Waals surface area contributed by atoms with E-state index in [1.54, 1.807) is 12.1 Å². The zero-order chi connectivity index (χ0) is 25.5. The van der Waals surface area contributed by atoms with E-state index in [1.807, 2.05) is 24.0 Å². The smallest absolute Gasteiger partial charge is 0.339 e. The average Bonchev–Trinajstić information content (AvgIpc) is 2.89. The lowest BCUT2D eigenvalue weighted by Crippen LogP contribution is -2.45. The quantitative estimate of drug-likeness (QED) is 0.548. The number of aromatic nitrogens is 1. The van der Waals surface area contributed by atoms with Crippen LogP contribution in [0.3, 0.4) is 0 Å². The Morgan fingerprint density at radius 2 is 1.83 bits per heavy atom. The maximum Gasteiger partial charge on any atom is 0.339 e. The van der Waals surface area contributed by atoms with Crippen molar-refractivity contribution in [3.63, 3.8) is 0 Å². The monoisotopic (exact) mass is 495 g/mol. The predicted molar refractivity (Wildman–Crippen MR) is 140 cm³/mol. The first kappa shape index (κ1) is 26.1. The van der Waals surface area contributed by atoms with Crippen molar-refractivity contribution in [1.29, 1.82) is 0 Å². The summed E-state index contributed by atoms with van der Waals surface area (Å²) in [6.07, 6.45) is 4.59. The first-order chi connectivity index (χ1) is 17.4. The molecular formula is C27H37N5O4. The fourth-order valence-corrected chi connectivity index (χ4v) is 4.91. The third kappa shape index (κ3) is 6.81. The van der Waals surface area contributed by atoms with Gasteiger partial charge in [-0.15, -0.1) is 0 Å². The van der Waals surface area contributed by atoms with Crippen LogP contribution in [-0.2, 0) is 4.74 Å². The molecule has 9 heteroatoms. The molecule has 0 bridgehead atoms. The fourth-order valence-electron chi connectivity index (χ4n) is 4.91. The van der Waals surface area contributed by atoms with Gasteiger partial charge < -0.3 is 25.0 Å². The van der Waals surface area contributed by atoms with Gasteiger partial charge in [0, 0.05) is 37.8 Å². The minimum atomic E-state index is -1.05. The SMILES string of the molecule is Cc1ccc(C(=O)Nc2cnc(N3CCC(N(C)CCCN4CCOCC4)CC3)c(C(=O)O)c2)cc1. The molecule has 2 aliphatic heterocycles. The van der Waals surface area contributed by atoms with Gasteiger partial charge in [0.25, 0.3) is 5.91 Å². The first-order valence-corrected chi connectivity index (χ1v) is 12.8. The highest BCUT2D eigenvalue weighted by atomic mass is 16.5. The van der Waals surface area contributed by atoms with Gasteiger partial charge in [0.15, 0.2) is 0 Å². The van der Waals surface area contributed by atoms with Crippen molar-refractivity contribution in [3.05, 3.63) is 53.2 Å². The summed E-state index contributed by atoms with van der Waals surface area (Å²) in [5.74, 6) is -0.881. The van der Waals surface area contributed by atoms with Crippen molar-refractivity contribution in [2.24, 2.45) is 0 Å². The molecule has 9 nitrogen and oxygen atoms in total. The van der Waals surface area contributed by atoms with Crippen LogP contribution < -0.4 is 10.2 Å². The Morgan fingerprint density at radius 1 is 1.14 bits per heavy atom. The van der Waals surface area contributed by atoms with Crippen LogP contribution >= 0.6 is 0 Å². The molecule has 194 valence electrons. The highest BCUT2D eigenvalue weighted by Crippen LogP contribution is 2.26. The molecule has 2 N–H and O–H groups in total. The lowest BCUT2D eigenvalue weighted by Gasteiger charge is -2.38. The summed E-state index contributed by atoms with van der Waals surface area (Å²) in [4.78, 5) is 36.0. The van der Waals surface area contributed by atoms with Crippen LogP contribution in [0, 0.1) is 6.92 Å². The normalized spacial score (nSPS) is 17.4. The van der Waals surface area contributed by atoms with Crippen LogP contribution in [0.15, 0.2) is 36.5 Å². The molecule has 2 saturated heterocycles. The van der Waals surface area contributed by atoms with Crippen molar-refractivity contribution < 1.29 is 19.4 Å². The van der Waals surface area contributed by atoms with E-state index in [9.17, 15) is 14.7 Å². The molecule has 2 aliphatic rings. The van der Waals surface area contributed by atoms with Gasteiger partial charge in [-0.1, -0.05) is 17.7 Å². The molecule has 36 heavy (non-hydrogen) atoms. The van der Waals surface area contributed by atoms with Gasteiger partial charge in [-0.2, -0.15) is 0 Å². The second kappa shape index (κ2) is 12.3. The van der Waals surface area contributed by atoms with Gasteiger partial charge in [0.05, 0.1) is 25.1 Å². The van der Waals surface area contributed by atoms with E-state index < -0.39 is 5.97 Å². The van der Waals surface area contributed by atoms with Gasteiger partial charge in [0.2, 0.25) is 0 Å². The molecule has 1 aromatic carbocycles. The van der Waals surface area contributed by atoms with Crippen LogP contribution in [-0.4, -0.2) is 97.3 Å². The molecule has 3 heterocycles. The van der Waals surface area contributed by atoms with Gasteiger partial charge in [-0.05, 0) is 64.5 Å². The lowest BCUT2D eigenvalue weighted by atomic mass is 10.0. The Balaban J connectivity index is 1.31. The summed E-state index contributed by atoms with van der Waals surface area (Å²) in [5.41, 5.74) is 2.05. The molecule has 1 amide bonds. The Hall–Kier alpha value is -3.01. The number of amides is 1. The summed E-state index contributed by atoms with van der Waals surface area (Å²) in [6.45, 7) is 9.33. The topological polar surface area (TPSA) is 98.2 Å². The number of hydrogen-bond acceptors (Lipinski definition) is 7. The molecule has 0 unspecified atom stereocenters. The van der Waals surface area contributed by atoms with Crippen LogP contribution in [0.2, 0.25) is 0 Å². The largest absolute Gasteiger partial charge is 0.478 e. The summed E-state index contributed by atoms with van der Waals surface area (Å²) in [7, 11) is 2.19. The maximum atomic E-state index is 12.5. The van der Waals surface area contributed by atoms with Gasteiger partial charge in [-0.25, -0.2) is 9.78 Å². The van der Waals surface area contributed by atoms with E-state index in [2.05, 4.69) is 27.1 Å². The van der Waals surface area contributed by atoms with Crippen molar-refractivity contribution in [2.45, 2.75) is 32.2 Å². The molecular weight excluding hydrogens is 458 g/mol. The van der Waals surface area contributed by atoms with Crippen LogP contribution in [0.5, 0.6) is 0 Å². The number of carbonyl (C=O) groups is 2. The number of benzene rings is 1.